The standard InChI is InChI=1S/C15H19NO3/c1-11-7-8-12(6-5-9-17)10-13(11)16-14(18)15(2,3)19-4/h7-8,10,17H,9H2,1-4H3,(H,16,18). The van der Waals surface area contributed by atoms with Gasteiger partial charge in [-0.1, -0.05) is 17.9 Å². The molecule has 0 atom stereocenters. The Morgan fingerprint density at radius 1 is 1.47 bits per heavy atom. The summed E-state index contributed by atoms with van der Waals surface area (Å²) < 4.78 is 5.13. The van der Waals surface area contributed by atoms with Crippen LogP contribution in [0.3, 0.4) is 0 Å². The molecule has 0 aromatic heterocycles. The van der Waals surface area contributed by atoms with E-state index in [9.17, 15) is 4.79 Å². The highest BCUT2D eigenvalue weighted by molar-refractivity contribution is 5.97. The molecule has 0 spiro atoms. The summed E-state index contributed by atoms with van der Waals surface area (Å²) in [5.74, 6) is 5.16. The summed E-state index contributed by atoms with van der Waals surface area (Å²) in [6.07, 6.45) is 0. The molecular weight excluding hydrogens is 242 g/mol. The van der Waals surface area contributed by atoms with Gasteiger partial charge in [0.05, 0.1) is 0 Å². The van der Waals surface area contributed by atoms with Crippen LogP contribution < -0.4 is 5.32 Å². The number of aliphatic hydroxyl groups excluding tert-OH is 1. The first kappa shape index (κ1) is 15.2. The van der Waals surface area contributed by atoms with Gasteiger partial charge in [-0.15, -0.1) is 0 Å². The van der Waals surface area contributed by atoms with Gasteiger partial charge in [-0.25, -0.2) is 0 Å². The summed E-state index contributed by atoms with van der Waals surface area (Å²) in [4.78, 5) is 12.0. The fraction of sp³-hybridized carbons (Fsp3) is 0.400. The first-order chi connectivity index (χ1) is 8.90. The van der Waals surface area contributed by atoms with Crippen LogP contribution in [0.4, 0.5) is 5.69 Å². The van der Waals surface area contributed by atoms with Crippen LogP contribution in [0.1, 0.15) is 25.0 Å². The maximum absolute atomic E-state index is 12.0. The van der Waals surface area contributed by atoms with Crippen molar-refractivity contribution in [3.05, 3.63) is 29.3 Å². The summed E-state index contributed by atoms with van der Waals surface area (Å²) in [6, 6.07) is 5.49. The van der Waals surface area contributed by atoms with Crippen molar-refractivity contribution >= 4 is 11.6 Å². The zero-order valence-electron chi connectivity index (χ0n) is 11.7. The number of aliphatic hydroxyl groups is 1. The zero-order valence-corrected chi connectivity index (χ0v) is 11.7. The average Bonchev–Trinajstić information content (AvgIpc) is 2.39. The summed E-state index contributed by atoms with van der Waals surface area (Å²) in [6.45, 7) is 5.12. The van der Waals surface area contributed by atoms with Crippen LogP contribution in [0.5, 0.6) is 0 Å². The number of benzene rings is 1. The summed E-state index contributed by atoms with van der Waals surface area (Å²) in [7, 11) is 1.50. The number of carbonyl (C=O) groups excluding carboxylic acids is 1. The van der Waals surface area contributed by atoms with Crippen LogP contribution in [0.15, 0.2) is 18.2 Å². The number of methoxy groups -OCH3 is 1. The van der Waals surface area contributed by atoms with E-state index in [1.807, 2.05) is 19.1 Å². The van der Waals surface area contributed by atoms with Gasteiger partial charge in [0, 0.05) is 18.4 Å². The molecule has 0 aliphatic heterocycles. The largest absolute Gasteiger partial charge is 0.384 e. The lowest BCUT2D eigenvalue weighted by atomic mass is 10.1. The Kier molecular flexibility index (Phi) is 5.11. The smallest absolute Gasteiger partial charge is 0.256 e. The molecule has 102 valence electrons. The van der Waals surface area contributed by atoms with E-state index in [2.05, 4.69) is 17.2 Å². The van der Waals surface area contributed by atoms with Gasteiger partial charge in [0.1, 0.15) is 12.2 Å². The number of ether oxygens (including phenoxy) is 1. The van der Waals surface area contributed by atoms with Gasteiger partial charge in [0.25, 0.3) is 5.91 Å². The molecule has 0 unspecified atom stereocenters. The molecule has 2 N–H and O–H groups in total. The molecule has 4 heteroatoms. The highest BCUT2D eigenvalue weighted by Crippen LogP contribution is 2.19. The minimum absolute atomic E-state index is 0.188. The first-order valence-electron chi connectivity index (χ1n) is 5.97. The van der Waals surface area contributed by atoms with E-state index in [0.29, 0.717) is 5.69 Å². The lowest BCUT2D eigenvalue weighted by Crippen LogP contribution is -2.39. The summed E-state index contributed by atoms with van der Waals surface area (Å²) in [5.41, 5.74) is 1.49. The highest BCUT2D eigenvalue weighted by atomic mass is 16.5. The molecule has 0 radical (unpaired) electrons. The molecule has 19 heavy (non-hydrogen) atoms. The summed E-state index contributed by atoms with van der Waals surface area (Å²) >= 11 is 0. The SMILES string of the molecule is COC(C)(C)C(=O)Nc1cc(C#CCO)ccc1C. The lowest BCUT2D eigenvalue weighted by Gasteiger charge is -2.22. The van der Waals surface area contributed by atoms with E-state index >= 15 is 0 Å². The van der Waals surface area contributed by atoms with Crippen LogP contribution in [0, 0.1) is 18.8 Å². The van der Waals surface area contributed by atoms with Crippen LogP contribution in [-0.4, -0.2) is 30.3 Å². The third-order valence-electron chi connectivity index (χ3n) is 2.85. The predicted molar refractivity (Wildman–Crippen MR) is 74.9 cm³/mol. The quantitative estimate of drug-likeness (QED) is 0.814. The number of anilines is 1. The third-order valence-corrected chi connectivity index (χ3v) is 2.85. The molecule has 4 nitrogen and oxygen atoms in total. The van der Waals surface area contributed by atoms with Crippen molar-refractivity contribution in [3.8, 4) is 11.8 Å². The second-order valence-electron chi connectivity index (χ2n) is 4.66. The lowest BCUT2D eigenvalue weighted by molar-refractivity contribution is -0.133. The molecule has 0 fully saturated rings. The number of hydrogen-bond acceptors (Lipinski definition) is 3. The van der Waals surface area contributed by atoms with Crippen LogP contribution in [-0.2, 0) is 9.53 Å². The van der Waals surface area contributed by atoms with E-state index in [1.165, 1.54) is 7.11 Å². The van der Waals surface area contributed by atoms with Crippen molar-refractivity contribution < 1.29 is 14.6 Å². The molecule has 0 bridgehead atoms. The van der Waals surface area contributed by atoms with E-state index in [4.69, 9.17) is 9.84 Å². The highest BCUT2D eigenvalue weighted by Gasteiger charge is 2.27. The molecular formula is C15H19NO3. The Hall–Kier alpha value is -1.83. The van der Waals surface area contributed by atoms with E-state index in [-0.39, 0.29) is 12.5 Å². The number of nitrogens with one attached hydrogen (secondary N) is 1. The molecule has 0 aliphatic carbocycles. The van der Waals surface area contributed by atoms with E-state index in [1.54, 1.807) is 19.9 Å². The van der Waals surface area contributed by atoms with E-state index < -0.39 is 5.60 Å². The number of amides is 1. The van der Waals surface area contributed by atoms with Gasteiger partial charge in [-0.3, -0.25) is 4.79 Å². The normalized spacial score (nSPS) is 10.6. The molecule has 0 saturated heterocycles. The Labute approximate surface area is 113 Å². The second kappa shape index (κ2) is 6.37. The minimum Gasteiger partial charge on any atom is -0.384 e. The van der Waals surface area contributed by atoms with Crippen LogP contribution in [0.25, 0.3) is 0 Å². The number of rotatable bonds is 3. The Morgan fingerprint density at radius 2 is 2.16 bits per heavy atom. The van der Waals surface area contributed by atoms with Gasteiger partial charge >= 0.3 is 0 Å². The molecule has 1 rings (SSSR count). The molecule has 1 aromatic carbocycles. The molecule has 0 saturated carbocycles. The van der Waals surface area contributed by atoms with Crippen molar-refractivity contribution in [2.75, 3.05) is 19.0 Å². The fourth-order valence-electron chi connectivity index (χ4n) is 1.34. The maximum atomic E-state index is 12.0. The van der Waals surface area contributed by atoms with Gasteiger partial charge in [-0.2, -0.15) is 0 Å². The van der Waals surface area contributed by atoms with Gasteiger partial charge in [0.15, 0.2) is 0 Å². The maximum Gasteiger partial charge on any atom is 0.256 e. The Morgan fingerprint density at radius 3 is 2.74 bits per heavy atom. The molecule has 0 aliphatic rings. The minimum atomic E-state index is -0.890. The second-order valence-corrected chi connectivity index (χ2v) is 4.66. The van der Waals surface area contributed by atoms with Crippen LogP contribution >= 0.6 is 0 Å². The van der Waals surface area contributed by atoms with E-state index in [0.717, 1.165) is 11.1 Å². The predicted octanol–water partition coefficient (Wildman–Crippen LogP) is 1.70. The molecule has 1 amide bonds. The van der Waals surface area contributed by atoms with Crippen LogP contribution in [0.2, 0.25) is 0 Å². The van der Waals surface area contributed by atoms with Crippen molar-refractivity contribution in [2.45, 2.75) is 26.4 Å². The number of carbonyl (C=O) groups is 1. The van der Waals surface area contributed by atoms with Gasteiger partial charge < -0.3 is 15.2 Å². The van der Waals surface area contributed by atoms with Crippen molar-refractivity contribution in [3.63, 3.8) is 0 Å². The van der Waals surface area contributed by atoms with Crippen molar-refractivity contribution in [1.29, 1.82) is 0 Å². The average molecular weight is 261 g/mol. The zero-order chi connectivity index (χ0) is 14.5. The summed E-state index contributed by atoms with van der Waals surface area (Å²) in [5, 5.41) is 11.5. The monoisotopic (exact) mass is 261 g/mol. The third kappa shape index (κ3) is 4.09. The topological polar surface area (TPSA) is 58.6 Å². The fourth-order valence-corrected chi connectivity index (χ4v) is 1.34. The Bertz CT molecular complexity index is 524. The number of hydrogen-bond donors (Lipinski definition) is 2. The Balaban J connectivity index is 2.98. The molecule has 0 heterocycles. The van der Waals surface area contributed by atoms with Gasteiger partial charge in [-0.05, 0) is 38.5 Å². The molecule has 1 aromatic rings. The van der Waals surface area contributed by atoms with Gasteiger partial charge in [0.2, 0.25) is 0 Å². The van der Waals surface area contributed by atoms with Crippen molar-refractivity contribution in [2.24, 2.45) is 0 Å². The number of aryl methyl sites for hydroxylation is 1. The first-order valence-corrected chi connectivity index (χ1v) is 5.97. The van der Waals surface area contributed by atoms with Crippen molar-refractivity contribution in [1.82, 2.24) is 0 Å².